The van der Waals surface area contributed by atoms with E-state index < -0.39 is 0 Å². The zero-order chi connectivity index (χ0) is 13.1. The molecule has 0 saturated carbocycles. The van der Waals surface area contributed by atoms with Crippen LogP contribution in [0, 0.1) is 6.92 Å². The first kappa shape index (κ1) is 12.8. The number of benzene rings is 1. The lowest BCUT2D eigenvalue weighted by Gasteiger charge is -2.13. The maximum absolute atomic E-state index is 4.30. The first-order valence-corrected chi connectivity index (χ1v) is 6.45. The third kappa shape index (κ3) is 2.46. The fraction of sp³-hybridized carbons (Fsp3) is 0.400. The van der Waals surface area contributed by atoms with Gasteiger partial charge >= 0.3 is 0 Å². The van der Waals surface area contributed by atoms with Gasteiger partial charge in [0.2, 0.25) is 0 Å². The van der Waals surface area contributed by atoms with Crippen molar-refractivity contribution in [2.24, 2.45) is 7.05 Å². The van der Waals surface area contributed by atoms with Crippen LogP contribution in [0.3, 0.4) is 0 Å². The van der Waals surface area contributed by atoms with E-state index >= 15 is 0 Å². The average molecular weight is 243 g/mol. The van der Waals surface area contributed by atoms with E-state index in [1.165, 1.54) is 22.4 Å². The Labute approximate surface area is 109 Å². The molecule has 0 saturated heterocycles. The second-order valence-electron chi connectivity index (χ2n) is 4.67. The summed E-state index contributed by atoms with van der Waals surface area (Å²) in [5, 5.41) is 7.74. The lowest BCUT2D eigenvalue weighted by Crippen LogP contribution is -2.17. The molecule has 3 nitrogen and oxygen atoms in total. The minimum atomic E-state index is 0.381. The van der Waals surface area contributed by atoms with E-state index in [9.17, 15) is 0 Å². The molecule has 0 radical (unpaired) electrons. The van der Waals surface area contributed by atoms with Gasteiger partial charge in [-0.1, -0.05) is 25.1 Å². The molecule has 0 bridgehead atoms. The number of nitrogens with one attached hydrogen (secondary N) is 1. The predicted molar refractivity (Wildman–Crippen MR) is 75.5 cm³/mol. The molecule has 0 fully saturated rings. The fourth-order valence-corrected chi connectivity index (χ4v) is 2.18. The summed E-state index contributed by atoms with van der Waals surface area (Å²) < 4.78 is 1.91. The first-order valence-electron chi connectivity index (χ1n) is 6.45. The first-order chi connectivity index (χ1) is 8.63. The van der Waals surface area contributed by atoms with E-state index in [0.29, 0.717) is 6.04 Å². The minimum absolute atomic E-state index is 0.381. The molecular weight excluding hydrogens is 222 g/mol. The Balaban J connectivity index is 2.35. The monoisotopic (exact) mass is 243 g/mol. The van der Waals surface area contributed by atoms with Crippen LogP contribution in [0.4, 0.5) is 0 Å². The molecule has 1 N–H and O–H groups in total. The van der Waals surface area contributed by atoms with Gasteiger partial charge < -0.3 is 5.32 Å². The predicted octanol–water partition coefficient (Wildman–Crippen LogP) is 3.07. The van der Waals surface area contributed by atoms with Crippen molar-refractivity contribution in [1.82, 2.24) is 15.1 Å². The highest BCUT2D eigenvalue weighted by Gasteiger charge is 2.09. The van der Waals surface area contributed by atoms with Crippen molar-refractivity contribution in [3.05, 3.63) is 41.7 Å². The van der Waals surface area contributed by atoms with E-state index in [0.717, 1.165) is 6.54 Å². The zero-order valence-corrected chi connectivity index (χ0v) is 11.6. The molecule has 1 unspecified atom stereocenters. The summed E-state index contributed by atoms with van der Waals surface area (Å²) in [4.78, 5) is 0. The van der Waals surface area contributed by atoms with Gasteiger partial charge in [-0.15, -0.1) is 0 Å². The summed E-state index contributed by atoms with van der Waals surface area (Å²) in [6.45, 7) is 7.41. The van der Waals surface area contributed by atoms with Crippen LogP contribution in [-0.2, 0) is 7.05 Å². The van der Waals surface area contributed by atoms with Crippen LogP contribution in [0.2, 0.25) is 0 Å². The Morgan fingerprint density at radius 1 is 1.39 bits per heavy atom. The lowest BCUT2D eigenvalue weighted by molar-refractivity contribution is 0.598. The summed E-state index contributed by atoms with van der Waals surface area (Å²) in [6, 6.07) is 9.06. The highest BCUT2D eigenvalue weighted by Crippen LogP contribution is 2.25. The standard InChI is InChI=1S/C15H21N3/c1-5-16-11(2)13-7-6-8-14(9-13)15-10-17-18(4)12(15)3/h6-11,16H,5H2,1-4H3. The molecule has 2 aromatic rings. The van der Waals surface area contributed by atoms with Gasteiger partial charge in [-0.3, -0.25) is 4.68 Å². The van der Waals surface area contributed by atoms with Gasteiger partial charge in [0.1, 0.15) is 0 Å². The van der Waals surface area contributed by atoms with E-state index in [1.54, 1.807) is 0 Å². The third-order valence-electron chi connectivity index (χ3n) is 3.44. The highest BCUT2D eigenvalue weighted by molar-refractivity contribution is 5.66. The molecule has 1 aromatic carbocycles. The average Bonchev–Trinajstić information content (AvgIpc) is 2.71. The van der Waals surface area contributed by atoms with Crippen molar-refractivity contribution >= 4 is 0 Å². The van der Waals surface area contributed by atoms with Crippen molar-refractivity contribution in [2.75, 3.05) is 6.54 Å². The summed E-state index contributed by atoms with van der Waals surface area (Å²) >= 11 is 0. The number of hydrogen-bond donors (Lipinski definition) is 1. The highest BCUT2D eigenvalue weighted by atomic mass is 15.3. The van der Waals surface area contributed by atoms with E-state index in [1.807, 2.05) is 17.9 Å². The number of hydrogen-bond acceptors (Lipinski definition) is 2. The van der Waals surface area contributed by atoms with Crippen molar-refractivity contribution in [3.63, 3.8) is 0 Å². The van der Waals surface area contributed by atoms with Gasteiger partial charge in [0, 0.05) is 24.3 Å². The molecule has 0 aliphatic heterocycles. The van der Waals surface area contributed by atoms with Crippen LogP contribution in [0.15, 0.2) is 30.5 Å². The molecule has 0 aliphatic rings. The Morgan fingerprint density at radius 3 is 2.78 bits per heavy atom. The Hall–Kier alpha value is -1.61. The molecule has 2 rings (SSSR count). The molecule has 0 aliphatic carbocycles. The van der Waals surface area contributed by atoms with Crippen LogP contribution in [0.25, 0.3) is 11.1 Å². The SMILES string of the molecule is CCNC(C)c1cccc(-c2cnn(C)c2C)c1. The summed E-state index contributed by atoms with van der Waals surface area (Å²) in [6.07, 6.45) is 1.94. The van der Waals surface area contributed by atoms with Gasteiger partial charge in [-0.05, 0) is 37.6 Å². The van der Waals surface area contributed by atoms with Crippen LogP contribution in [-0.4, -0.2) is 16.3 Å². The van der Waals surface area contributed by atoms with Gasteiger partial charge in [0.25, 0.3) is 0 Å². The molecule has 1 heterocycles. The second-order valence-corrected chi connectivity index (χ2v) is 4.67. The summed E-state index contributed by atoms with van der Waals surface area (Å²) in [5.41, 5.74) is 4.96. The molecule has 0 spiro atoms. The van der Waals surface area contributed by atoms with Crippen LogP contribution in [0.1, 0.15) is 31.1 Å². The Bertz CT molecular complexity index is 528. The second kappa shape index (κ2) is 5.36. The largest absolute Gasteiger partial charge is 0.310 e. The number of rotatable bonds is 4. The number of nitrogens with zero attached hydrogens (tertiary/aromatic N) is 2. The van der Waals surface area contributed by atoms with E-state index in [-0.39, 0.29) is 0 Å². The zero-order valence-electron chi connectivity index (χ0n) is 11.6. The molecule has 3 heteroatoms. The maximum Gasteiger partial charge on any atom is 0.0571 e. The molecular formula is C15H21N3. The van der Waals surface area contributed by atoms with Crippen molar-refractivity contribution in [3.8, 4) is 11.1 Å². The summed E-state index contributed by atoms with van der Waals surface area (Å²) in [7, 11) is 1.98. The normalized spacial score (nSPS) is 12.7. The van der Waals surface area contributed by atoms with E-state index in [4.69, 9.17) is 0 Å². The molecule has 96 valence electrons. The van der Waals surface area contributed by atoms with Crippen LogP contribution >= 0.6 is 0 Å². The number of aryl methyl sites for hydroxylation is 1. The smallest absolute Gasteiger partial charge is 0.0571 e. The minimum Gasteiger partial charge on any atom is -0.310 e. The van der Waals surface area contributed by atoms with Gasteiger partial charge in [-0.2, -0.15) is 5.10 Å². The van der Waals surface area contributed by atoms with Gasteiger partial charge in [-0.25, -0.2) is 0 Å². The van der Waals surface area contributed by atoms with Crippen molar-refractivity contribution in [1.29, 1.82) is 0 Å². The fourth-order valence-electron chi connectivity index (χ4n) is 2.18. The summed E-state index contributed by atoms with van der Waals surface area (Å²) in [5.74, 6) is 0. The van der Waals surface area contributed by atoms with Crippen LogP contribution in [0.5, 0.6) is 0 Å². The quantitative estimate of drug-likeness (QED) is 0.894. The maximum atomic E-state index is 4.30. The molecule has 18 heavy (non-hydrogen) atoms. The molecule has 0 amide bonds. The molecule has 1 aromatic heterocycles. The topological polar surface area (TPSA) is 29.9 Å². The van der Waals surface area contributed by atoms with Crippen molar-refractivity contribution in [2.45, 2.75) is 26.8 Å². The molecule has 1 atom stereocenters. The number of aromatic nitrogens is 2. The van der Waals surface area contributed by atoms with E-state index in [2.05, 4.69) is 55.5 Å². The Morgan fingerprint density at radius 2 is 2.17 bits per heavy atom. The van der Waals surface area contributed by atoms with Crippen LogP contribution < -0.4 is 5.32 Å². The van der Waals surface area contributed by atoms with Gasteiger partial charge in [0.15, 0.2) is 0 Å². The third-order valence-corrected chi connectivity index (χ3v) is 3.44. The lowest BCUT2D eigenvalue weighted by atomic mass is 10.0. The Kier molecular flexibility index (Phi) is 3.82. The van der Waals surface area contributed by atoms with Gasteiger partial charge in [0.05, 0.1) is 6.20 Å². The van der Waals surface area contributed by atoms with Crippen molar-refractivity contribution < 1.29 is 0 Å².